The van der Waals surface area contributed by atoms with Gasteiger partial charge in [0, 0.05) is 62.5 Å². The van der Waals surface area contributed by atoms with E-state index in [0.29, 0.717) is 12.5 Å². The van der Waals surface area contributed by atoms with Crippen LogP contribution in [0.1, 0.15) is 49.4 Å². The maximum atomic E-state index is 12.1. The van der Waals surface area contributed by atoms with Crippen LogP contribution in [-0.4, -0.2) is 57.3 Å². The summed E-state index contributed by atoms with van der Waals surface area (Å²) in [6.07, 6.45) is 8.51. The fraction of sp³-hybridized carbons (Fsp3) is 0.667. The highest BCUT2D eigenvalue weighted by atomic mass is 16.2. The topological polar surface area (TPSA) is 92.4 Å². The largest absolute Gasteiger partial charge is 0.369 e. The van der Waals surface area contributed by atoms with Crippen molar-refractivity contribution in [2.45, 2.75) is 50.6 Å². The van der Waals surface area contributed by atoms with Crippen molar-refractivity contribution in [3.63, 3.8) is 0 Å². The second kappa shape index (κ2) is 6.71. The van der Waals surface area contributed by atoms with Crippen LogP contribution < -0.4 is 5.73 Å². The fourth-order valence-corrected chi connectivity index (χ4v) is 3.92. The van der Waals surface area contributed by atoms with Gasteiger partial charge in [-0.25, -0.2) is 9.97 Å². The highest BCUT2D eigenvalue weighted by molar-refractivity contribution is 5.88. The Balaban J connectivity index is 1.28. The molecule has 2 saturated heterocycles. The summed E-state index contributed by atoms with van der Waals surface area (Å²) in [7, 11) is 0. The third-order valence-corrected chi connectivity index (χ3v) is 5.63. The van der Waals surface area contributed by atoms with Crippen molar-refractivity contribution >= 4 is 11.8 Å². The lowest BCUT2D eigenvalue weighted by atomic mass is 10.0. The van der Waals surface area contributed by atoms with Gasteiger partial charge in [-0.3, -0.25) is 14.5 Å². The smallest absolute Gasteiger partial charge is 0.223 e. The number of carbonyl (C=O) groups is 2. The van der Waals surface area contributed by atoms with E-state index in [9.17, 15) is 9.59 Å². The van der Waals surface area contributed by atoms with Crippen molar-refractivity contribution in [3.8, 4) is 0 Å². The number of carbonyl (C=O) groups excluding carboxylic acids is 2. The summed E-state index contributed by atoms with van der Waals surface area (Å²) in [4.78, 5) is 36.7. The molecule has 0 spiro atoms. The molecule has 1 aromatic heterocycles. The van der Waals surface area contributed by atoms with Crippen molar-refractivity contribution in [1.82, 2.24) is 19.8 Å². The Labute approximate surface area is 147 Å². The summed E-state index contributed by atoms with van der Waals surface area (Å²) in [6, 6.07) is 0.238. The normalized spacial score (nSPS) is 25.5. The highest BCUT2D eigenvalue weighted by Gasteiger charge is 2.38. The van der Waals surface area contributed by atoms with E-state index in [1.807, 2.05) is 17.3 Å². The van der Waals surface area contributed by atoms with E-state index in [1.54, 1.807) is 0 Å². The van der Waals surface area contributed by atoms with Crippen LogP contribution in [0.5, 0.6) is 0 Å². The molecular formula is C18H25N5O2. The van der Waals surface area contributed by atoms with Crippen molar-refractivity contribution in [1.29, 1.82) is 0 Å². The second-order valence-electron chi connectivity index (χ2n) is 7.58. The molecule has 1 atom stereocenters. The number of piperidine rings is 1. The lowest BCUT2D eigenvalue weighted by Gasteiger charge is -2.36. The molecule has 7 heteroatoms. The van der Waals surface area contributed by atoms with Crippen molar-refractivity contribution in [3.05, 3.63) is 23.8 Å². The lowest BCUT2D eigenvalue weighted by Crippen LogP contribution is -2.45. The SMILES string of the molecule is NC(=O)C1CC(=O)N(C2CCN(Cc3cnc(C4CC4)nc3)CC2)C1. The maximum absolute atomic E-state index is 12.1. The Bertz CT molecular complexity index is 650. The van der Waals surface area contributed by atoms with Gasteiger partial charge in [-0.2, -0.15) is 0 Å². The molecular weight excluding hydrogens is 318 g/mol. The van der Waals surface area contributed by atoms with E-state index in [0.717, 1.165) is 43.9 Å². The van der Waals surface area contributed by atoms with Gasteiger partial charge in [0.15, 0.2) is 0 Å². The minimum absolute atomic E-state index is 0.0753. The van der Waals surface area contributed by atoms with Crippen LogP contribution in [0.3, 0.4) is 0 Å². The van der Waals surface area contributed by atoms with E-state index in [2.05, 4.69) is 14.9 Å². The van der Waals surface area contributed by atoms with Gasteiger partial charge < -0.3 is 10.6 Å². The van der Waals surface area contributed by atoms with Gasteiger partial charge in [-0.05, 0) is 25.7 Å². The Kier molecular flexibility index (Phi) is 4.41. The molecule has 134 valence electrons. The molecule has 2 aliphatic heterocycles. The third-order valence-electron chi connectivity index (χ3n) is 5.63. The molecule has 2 N–H and O–H groups in total. The van der Waals surface area contributed by atoms with E-state index in [1.165, 1.54) is 12.8 Å². The molecule has 1 aliphatic carbocycles. The molecule has 0 aromatic carbocycles. The quantitative estimate of drug-likeness (QED) is 0.847. The monoisotopic (exact) mass is 343 g/mol. The van der Waals surface area contributed by atoms with Crippen LogP contribution in [0, 0.1) is 5.92 Å². The standard InChI is InChI=1S/C18H25N5O2/c19-17(25)14-7-16(24)23(11-14)15-3-5-22(6-4-15)10-12-8-20-18(21-9-12)13-1-2-13/h8-9,13-15H,1-7,10-11H2,(H2,19,25). The van der Waals surface area contributed by atoms with Crippen LogP contribution in [0.25, 0.3) is 0 Å². The predicted octanol–water partition coefficient (Wildman–Crippen LogP) is 0.652. The van der Waals surface area contributed by atoms with Gasteiger partial charge in [0.2, 0.25) is 11.8 Å². The van der Waals surface area contributed by atoms with Crippen molar-refractivity contribution < 1.29 is 9.59 Å². The van der Waals surface area contributed by atoms with Crippen LogP contribution in [-0.2, 0) is 16.1 Å². The zero-order chi connectivity index (χ0) is 17.4. The third kappa shape index (κ3) is 3.66. The van der Waals surface area contributed by atoms with Gasteiger partial charge in [-0.15, -0.1) is 0 Å². The number of rotatable bonds is 5. The first-order valence-corrected chi connectivity index (χ1v) is 9.22. The molecule has 7 nitrogen and oxygen atoms in total. The summed E-state index contributed by atoms with van der Waals surface area (Å²) in [6.45, 7) is 3.24. The Morgan fingerprint density at radius 2 is 1.84 bits per heavy atom. The highest BCUT2D eigenvalue weighted by Crippen LogP contribution is 2.37. The Morgan fingerprint density at radius 1 is 1.16 bits per heavy atom. The number of hydrogen-bond donors (Lipinski definition) is 1. The zero-order valence-electron chi connectivity index (χ0n) is 14.4. The van der Waals surface area contributed by atoms with Crippen LogP contribution in [0.15, 0.2) is 12.4 Å². The van der Waals surface area contributed by atoms with Crippen LogP contribution >= 0.6 is 0 Å². The fourth-order valence-electron chi connectivity index (χ4n) is 3.92. The molecule has 25 heavy (non-hydrogen) atoms. The van der Waals surface area contributed by atoms with Crippen LogP contribution in [0.4, 0.5) is 0 Å². The summed E-state index contributed by atoms with van der Waals surface area (Å²) in [5, 5.41) is 0. The molecule has 3 aliphatic rings. The molecule has 1 aromatic rings. The predicted molar refractivity (Wildman–Crippen MR) is 91.3 cm³/mol. The average molecular weight is 343 g/mol. The minimum atomic E-state index is -0.358. The number of likely N-dealkylation sites (tertiary alicyclic amines) is 2. The lowest BCUT2D eigenvalue weighted by molar-refractivity contribution is -0.130. The zero-order valence-corrected chi connectivity index (χ0v) is 14.4. The summed E-state index contributed by atoms with van der Waals surface area (Å²) in [5.41, 5.74) is 6.50. The summed E-state index contributed by atoms with van der Waals surface area (Å²) < 4.78 is 0. The first-order valence-electron chi connectivity index (χ1n) is 9.22. The van der Waals surface area contributed by atoms with E-state index in [4.69, 9.17) is 5.73 Å². The number of primary amides is 1. The number of aromatic nitrogens is 2. The number of nitrogens with zero attached hydrogens (tertiary/aromatic N) is 4. The van der Waals surface area contributed by atoms with Crippen molar-refractivity contribution in [2.24, 2.45) is 11.7 Å². The van der Waals surface area contributed by atoms with Gasteiger partial charge in [0.05, 0.1) is 5.92 Å². The summed E-state index contributed by atoms with van der Waals surface area (Å²) in [5.74, 6) is 0.980. The van der Waals surface area contributed by atoms with Gasteiger partial charge in [0.25, 0.3) is 0 Å². The Morgan fingerprint density at radius 3 is 2.40 bits per heavy atom. The van der Waals surface area contributed by atoms with E-state index in [-0.39, 0.29) is 30.2 Å². The second-order valence-corrected chi connectivity index (χ2v) is 7.58. The first-order chi connectivity index (χ1) is 12.1. The number of amides is 2. The van der Waals surface area contributed by atoms with E-state index < -0.39 is 0 Å². The molecule has 1 saturated carbocycles. The average Bonchev–Trinajstić information content (AvgIpc) is 3.38. The summed E-state index contributed by atoms with van der Waals surface area (Å²) >= 11 is 0. The van der Waals surface area contributed by atoms with Gasteiger partial charge in [-0.1, -0.05) is 0 Å². The molecule has 0 bridgehead atoms. The van der Waals surface area contributed by atoms with Crippen LogP contribution in [0.2, 0.25) is 0 Å². The molecule has 4 rings (SSSR count). The maximum Gasteiger partial charge on any atom is 0.223 e. The van der Waals surface area contributed by atoms with Crippen molar-refractivity contribution in [2.75, 3.05) is 19.6 Å². The molecule has 3 heterocycles. The number of hydrogen-bond acceptors (Lipinski definition) is 5. The Hall–Kier alpha value is -2.02. The number of nitrogens with two attached hydrogens (primary N) is 1. The molecule has 1 unspecified atom stereocenters. The molecule has 2 amide bonds. The van der Waals surface area contributed by atoms with Gasteiger partial charge >= 0.3 is 0 Å². The molecule has 3 fully saturated rings. The first kappa shape index (κ1) is 16.4. The minimum Gasteiger partial charge on any atom is -0.369 e. The molecule has 0 radical (unpaired) electrons. The van der Waals surface area contributed by atoms with Gasteiger partial charge in [0.1, 0.15) is 5.82 Å². The van der Waals surface area contributed by atoms with E-state index >= 15 is 0 Å².